The molecule has 0 N–H and O–H groups in total. The lowest BCUT2D eigenvalue weighted by Gasteiger charge is -2.29. The van der Waals surface area contributed by atoms with Gasteiger partial charge in [-0.25, -0.2) is 9.59 Å². The number of alkyl halides is 3. The zero-order chi connectivity index (χ0) is 24.2. The van der Waals surface area contributed by atoms with Crippen LogP contribution in [0.4, 0.5) is 18.0 Å². The van der Waals surface area contributed by atoms with E-state index < -0.39 is 54.1 Å². The fourth-order valence-electron chi connectivity index (χ4n) is 2.63. The van der Waals surface area contributed by atoms with Crippen molar-refractivity contribution >= 4 is 34.1 Å². The molecule has 2 unspecified atom stereocenters. The Morgan fingerprint density at radius 2 is 1.94 bits per heavy atom. The quantitative estimate of drug-likeness (QED) is 0.223. The van der Waals surface area contributed by atoms with Crippen molar-refractivity contribution in [3.63, 3.8) is 0 Å². The van der Waals surface area contributed by atoms with Crippen LogP contribution in [-0.2, 0) is 23.8 Å². The number of carbonyl (C=O) groups excluding carboxylic acids is 2. The van der Waals surface area contributed by atoms with Gasteiger partial charge in [-0.1, -0.05) is 15.9 Å². The van der Waals surface area contributed by atoms with Crippen LogP contribution >= 0.6 is 15.9 Å². The van der Waals surface area contributed by atoms with Gasteiger partial charge in [0.2, 0.25) is 12.4 Å². The van der Waals surface area contributed by atoms with Crippen LogP contribution in [0.25, 0.3) is 6.08 Å². The SMILES string of the molecule is Cc1cc(Br)cc2c1O[C@H](C(F)(F)F)C(C(=O)OC(C)OC(=O)OCC(C)O[N+](=O)[O-])=C2. The lowest BCUT2D eigenvalue weighted by atomic mass is 9.99. The minimum absolute atomic E-state index is 0.0361. The third kappa shape index (κ3) is 6.73. The van der Waals surface area contributed by atoms with Crippen molar-refractivity contribution in [2.75, 3.05) is 6.61 Å². The second-order valence-electron chi connectivity index (χ2n) is 6.57. The summed E-state index contributed by atoms with van der Waals surface area (Å²) in [6, 6.07) is 3.02. The number of carbonyl (C=O) groups is 2. The van der Waals surface area contributed by atoms with Gasteiger partial charge in [0.15, 0.2) is 0 Å². The fourth-order valence-corrected chi connectivity index (χ4v) is 3.22. The molecule has 0 aliphatic carbocycles. The monoisotopic (exact) mass is 527 g/mol. The fraction of sp³-hybridized carbons (Fsp3) is 0.444. The molecule has 1 aliphatic heterocycles. The van der Waals surface area contributed by atoms with Crippen molar-refractivity contribution in [1.29, 1.82) is 0 Å². The smallest absolute Gasteiger partial charge is 0.475 e. The predicted octanol–water partition coefficient (Wildman–Crippen LogP) is 4.10. The molecule has 0 aromatic heterocycles. The number of hydrogen-bond donors (Lipinski definition) is 0. The van der Waals surface area contributed by atoms with Gasteiger partial charge in [0.05, 0.1) is 5.57 Å². The number of esters is 1. The zero-order valence-corrected chi connectivity index (χ0v) is 18.4. The van der Waals surface area contributed by atoms with Gasteiger partial charge in [-0.3, -0.25) is 0 Å². The van der Waals surface area contributed by atoms with Gasteiger partial charge in [-0.15, -0.1) is 10.1 Å². The number of halogens is 4. The Morgan fingerprint density at radius 3 is 2.53 bits per heavy atom. The molecule has 176 valence electrons. The molecule has 3 atom stereocenters. The first-order chi connectivity index (χ1) is 14.8. The summed E-state index contributed by atoms with van der Waals surface area (Å²) in [6.07, 6.45) is -10.7. The summed E-state index contributed by atoms with van der Waals surface area (Å²) in [4.78, 5) is 38.3. The highest BCUT2D eigenvalue weighted by Crippen LogP contribution is 2.40. The number of rotatable bonds is 7. The van der Waals surface area contributed by atoms with E-state index in [2.05, 4.69) is 30.2 Å². The molecule has 0 fully saturated rings. The third-order valence-corrected chi connectivity index (χ3v) is 4.33. The standard InChI is InChI=1S/C18H17BrF3NO9/c1-8-4-12(19)5-11-6-13(15(18(20,21)22)31-14(8)11)16(24)29-10(3)30-17(25)28-7-9(2)32-23(26)27/h4-6,9-10,15H,7H2,1-3H3/t9?,10?,15-/m0/s1. The maximum atomic E-state index is 13.5. The molecule has 1 aromatic carbocycles. The van der Waals surface area contributed by atoms with Gasteiger partial charge in [0, 0.05) is 17.0 Å². The number of hydrogen-bond acceptors (Lipinski definition) is 9. The summed E-state index contributed by atoms with van der Waals surface area (Å²) >= 11 is 3.22. The third-order valence-electron chi connectivity index (χ3n) is 3.87. The van der Waals surface area contributed by atoms with E-state index in [1.807, 2.05) is 0 Å². The van der Waals surface area contributed by atoms with Crippen molar-refractivity contribution in [2.45, 2.75) is 45.4 Å². The first-order valence-corrected chi connectivity index (χ1v) is 9.68. The Labute approximate surface area is 187 Å². The van der Waals surface area contributed by atoms with Crippen LogP contribution in [0.15, 0.2) is 22.2 Å². The maximum absolute atomic E-state index is 13.5. The van der Waals surface area contributed by atoms with Crippen molar-refractivity contribution in [3.8, 4) is 5.75 Å². The van der Waals surface area contributed by atoms with Crippen LogP contribution in [0.1, 0.15) is 25.0 Å². The van der Waals surface area contributed by atoms with Gasteiger partial charge in [0.1, 0.15) is 18.5 Å². The number of ether oxygens (including phenoxy) is 4. The topological polar surface area (TPSA) is 123 Å². The maximum Gasteiger partial charge on any atom is 0.511 e. The van der Waals surface area contributed by atoms with Crippen molar-refractivity contribution < 1.29 is 51.6 Å². The van der Waals surface area contributed by atoms with Gasteiger partial charge in [-0.2, -0.15) is 13.2 Å². The molecule has 0 radical (unpaired) electrons. The minimum atomic E-state index is -4.93. The molecule has 0 amide bonds. The molecule has 1 aromatic rings. The average molecular weight is 528 g/mol. The van der Waals surface area contributed by atoms with E-state index in [4.69, 9.17) is 9.47 Å². The summed E-state index contributed by atoms with van der Waals surface area (Å²) in [7, 11) is 0. The molecule has 0 saturated carbocycles. The van der Waals surface area contributed by atoms with E-state index in [9.17, 15) is 32.9 Å². The van der Waals surface area contributed by atoms with Crippen LogP contribution < -0.4 is 4.74 Å². The van der Waals surface area contributed by atoms with E-state index in [0.717, 1.165) is 13.0 Å². The van der Waals surface area contributed by atoms with Crippen molar-refractivity contribution in [3.05, 3.63) is 43.4 Å². The molecule has 0 bridgehead atoms. The predicted molar refractivity (Wildman–Crippen MR) is 103 cm³/mol. The van der Waals surface area contributed by atoms with Crippen LogP contribution in [0.5, 0.6) is 5.75 Å². The van der Waals surface area contributed by atoms with Gasteiger partial charge in [-0.05, 0) is 37.6 Å². The Morgan fingerprint density at radius 1 is 1.28 bits per heavy atom. The van der Waals surface area contributed by atoms with Gasteiger partial charge < -0.3 is 23.8 Å². The van der Waals surface area contributed by atoms with Crippen molar-refractivity contribution in [1.82, 2.24) is 0 Å². The highest BCUT2D eigenvalue weighted by molar-refractivity contribution is 9.10. The first-order valence-electron chi connectivity index (χ1n) is 8.88. The minimum Gasteiger partial charge on any atom is -0.475 e. The van der Waals surface area contributed by atoms with Crippen LogP contribution in [0.2, 0.25) is 0 Å². The Bertz CT molecular complexity index is 935. The summed E-state index contributed by atoms with van der Waals surface area (Å²) in [5, 5.41) is 9.09. The zero-order valence-electron chi connectivity index (χ0n) is 16.8. The Kier molecular flexibility index (Phi) is 7.93. The molecule has 0 saturated heterocycles. The molecule has 0 spiro atoms. The molecule has 2 rings (SSSR count). The van der Waals surface area contributed by atoms with Gasteiger partial charge in [0.25, 0.3) is 5.09 Å². The van der Waals surface area contributed by atoms with E-state index in [0.29, 0.717) is 10.0 Å². The Hall–Kier alpha value is -3.03. The highest BCUT2D eigenvalue weighted by Gasteiger charge is 2.49. The molecule has 10 nitrogen and oxygen atoms in total. The van der Waals surface area contributed by atoms with E-state index in [-0.39, 0.29) is 11.3 Å². The van der Waals surface area contributed by atoms with Gasteiger partial charge >= 0.3 is 18.3 Å². The lowest BCUT2D eigenvalue weighted by molar-refractivity contribution is -0.767. The first kappa shape index (κ1) is 25.2. The largest absolute Gasteiger partial charge is 0.511 e. The van der Waals surface area contributed by atoms with Crippen LogP contribution in [-0.4, -0.2) is 48.5 Å². The van der Waals surface area contributed by atoms with E-state index in [1.165, 1.54) is 13.0 Å². The Balaban J connectivity index is 2.09. The second kappa shape index (κ2) is 10.1. The summed E-state index contributed by atoms with van der Waals surface area (Å²) in [6.45, 7) is 3.30. The normalized spacial score (nSPS) is 17.1. The summed E-state index contributed by atoms with van der Waals surface area (Å²) < 4.78 is 60.1. The van der Waals surface area contributed by atoms with E-state index >= 15 is 0 Å². The average Bonchev–Trinajstić information content (AvgIpc) is 2.63. The lowest BCUT2D eigenvalue weighted by Crippen LogP contribution is -2.41. The van der Waals surface area contributed by atoms with Crippen LogP contribution in [0.3, 0.4) is 0 Å². The van der Waals surface area contributed by atoms with Crippen molar-refractivity contribution in [2.24, 2.45) is 0 Å². The molecule has 14 heteroatoms. The number of benzene rings is 1. The summed E-state index contributed by atoms with van der Waals surface area (Å²) in [5.41, 5.74) is -0.210. The van der Waals surface area contributed by atoms with E-state index in [1.54, 1.807) is 13.0 Å². The molecular formula is C18H17BrF3NO9. The molecule has 1 aliphatic rings. The van der Waals surface area contributed by atoms with Crippen LogP contribution in [0, 0.1) is 17.0 Å². The molecule has 1 heterocycles. The molecule has 32 heavy (non-hydrogen) atoms. The number of fused-ring (bicyclic) bond motifs is 1. The summed E-state index contributed by atoms with van der Waals surface area (Å²) in [5.74, 6) is -1.47. The number of nitrogens with zero attached hydrogens (tertiary/aromatic N) is 1. The second-order valence-corrected chi connectivity index (χ2v) is 7.49. The highest BCUT2D eigenvalue weighted by atomic mass is 79.9. The molecular weight excluding hydrogens is 511 g/mol. The number of aryl methyl sites for hydroxylation is 1.